The van der Waals surface area contributed by atoms with Crippen molar-refractivity contribution < 1.29 is 13.2 Å². The van der Waals surface area contributed by atoms with Gasteiger partial charge >= 0.3 is 6.18 Å². The lowest BCUT2D eigenvalue weighted by molar-refractivity contribution is -0.138. The molecule has 0 fully saturated rings. The summed E-state index contributed by atoms with van der Waals surface area (Å²) in [7, 11) is 0. The van der Waals surface area contributed by atoms with Crippen LogP contribution < -0.4 is 4.90 Å². The van der Waals surface area contributed by atoms with Crippen molar-refractivity contribution in [3.63, 3.8) is 0 Å². The summed E-state index contributed by atoms with van der Waals surface area (Å²) in [5.41, 5.74) is 2.67. The van der Waals surface area contributed by atoms with E-state index in [0.29, 0.717) is 18.7 Å². The summed E-state index contributed by atoms with van der Waals surface area (Å²) in [4.78, 5) is 13.5. The Bertz CT molecular complexity index is 1330. The minimum absolute atomic E-state index is 0.275. The highest BCUT2D eigenvalue weighted by Crippen LogP contribution is 2.38. The number of aryl methyl sites for hydroxylation is 1. The van der Waals surface area contributed by atoms with Crippen molar-refractivity contribution >= 4 is 11.3 Å². The number of rotatable bonds is 2. The molecule has 0 saturated heterocycles. The SMILES string of the molecule is Cc1cccn2nc([C@@H]3c4nc[nH]c4CCN3c3ccc(C(F)(F)F)c(C#N)n3)cc12. The Labute approximate surface area is 174 Å². The number of hydrogen-bond acceptors (Lipinski definition) is 5. The lowest BCUT2D eigenvalue weighted by atomic mass is 9.99. The second-order valence-corrected chi connectivity index (χ2v) is 7.38. The van der Waals surface area contributed by atoms with E-state index in [4.69, 9.17) is 5.10 Å². The molecule has 10 heteroatoms. The van der Waals surface area contributed by atoms with Gasteiger partial charge in [0.2, 0.25) is 0 Å². The first kappa shape index (κ1) is 19.1. The van der Waals surface area contributed by atoms with E-state index in [-0.39, 0.29) is 5.82 Å². The van der Waals surface area contributed by atoms with Crippen LogP contribution in [0.3, 0.4) is 0 Å². The number of aromatic amines is 1. The molecule has 4 aromatic rings. The molecule has 0 saturated carbocycles. The van der Waals surface area contributed by atoms with Gasteiger partial charge in [0.05, 0.1) is 28.8 Å². The third-order valence-electron chi connectivity index (χ3n) is 5.52. The van der Waals surface area contributed by atoms with Crippen molar-refractivity contribution in [3.05, 3.63) is 76.8 Å². The molecule has 7 nitrogen and oxygen atoms in total. The van der Waals surface area contributed by atoms with Crippen LogP contribution in [-0.2, 0) is 12.6 Å². The van der Waals surface area contributed by atoms with Gasteiger partial charge in [0, 0.05) is 24.9 Å². The predicted molar refractivity (Wildman–Crippen MR) is 105 cm³/mol. The minimum Gasteiger partial charge on any atom is -0.348 e. The number of fused-ring (bicyclic) bond motifs is 2. The maximum Gasteiger partial charge on any atom is 0.419 e. The molecule has 0 aliphatic carbocycles. The van der Waals surface area contributed by atoms with Crippen molar-refractivity contribution in [2.75, 3.05) is 11.4 Å². The van der Waals surface area contributed by atoms with Crippen LogP contribution in [-0.4, -0.2) is 31.1 Å². The van der Waals surface area contributed by atoms with Crippen molar-refractivity contribution in [2.24, 2.45) is 0 Å². The number of aromatic nitrogens is 5. The van der Waals surface area contributed by atoms with Gasteiger partial charge in [0.25, 0.3) is 0 Å². The standard InChI is InChI=1S/C21H16F3N7/c1-12-3-2-7-31-17(12)9-15(29-31)20-19-14(26-11-27-19)6-8-30(20)18-5-4-13(21(22,23)24)16(10-25)28-18/h2-5,7,9,11,20H,6,8H2,1H3,(H,26,27)/t20-/m1/s1. The first-order chi connectivity index (χ1) is 14.9. The van der Waals surface area contributed by atoms with Crippen molar-refractivity contribution in [1.82, 2.24) is 24.6 Å². The van der Waals surface area contributed by atoms with E-state index >= 15 is 0 Å². The summed E-state index contributed by atoms with van der Waals surface area (Å²) in [6, 6.07) is 9.17. The van der Waals surface area contributed by atoms with Gasteiger partial charge in [-0.05, 0) is 36.8 Å². The van der Waals surface area contributed by atoms with Crippen LogP contribution in [0.2, 0.25) is 0 Å². The molecule has 1 atom stereocenters. The van der Waals surface area contributed by atoms with E-state index in [1.807, 2.05) is 36.2 Å². The van der Waals surface area contributed by atoms with Gasteiger partial charge in [-0.2, -0.15) is 23.5 Å². The van der Waals surface area contributed by atoms with Gasteiger partial charge in [0.15, 0.2) is 5.69 Å². The number of nitrogens with zero attached hydrogens (tertiary/aromatic N) is 6. The average molecular weight is 423 g/mol. The summed E-state index contributed by atoms with van der Waals surface area (Å²) in [5, 5.41) is 14.0. The predicted octanol–water partition coefficient (Wildman–Crippen LogP) is 3.80. The summed E-state index contributed by atoms with van der Waals surface area (Å²) in [6.45, 7) is 2.46. The second-order valence-electron chi connectivity index (χ2n) is 7.38. The number of halogens is 3. The summed E-state index contributed by atoms with van der Waals surface area (Å²) in [6.07, 6.45) is -0.590. The molecule has 0 spiro atoms. The Morgan fingerprint density at radius 1 is 1.26 bits per heavy atom. The van der Waals surface area contributed by atoms with Crippen LogP contribution in [0.25, 0.3) is 5.52 Å². The third kappa shape index (κ3) is 3.09. The number of hydrogen-bond donors (Lipinski definition) is 1. The minimum atomic E-state index is -4.65. The lowest BCUT2D eigenvalue weighted by Crippen LogP contribution is -2.37. The largest absolute Gasteiger partial charge is 0.419 e. The number of imidazole rings is 1. The fourth-order valence-corrected chi connectivity index (χ4v) is 4.06. The Morgan fingerprint density at radius 3 is 2.84 bits per heavy atom. The van der Waals surface area contributed by atoms with Gasteiger partial charge in [0.1, 0.15) is 17.9 Å². The van der Waals surface area contributed by atoms with Gasteiger partial charge < -0.3 is 9.88 Å². The molecule has 1 aliphatic heterocycles. The number of alkyl halides is 3. The van der Waals surface area contributed by atoms with Crippen LogP contribution in [0.1, 0.15) is 39.9 Å². The van der Waals surface area contributed by atoms with Gasteiger partial charge in [-0.15, -0.1) is 0 Å². The van der Waals surface area contributed by atoms with E-state index in [9.17, 15) is 18.4 Å². The highest BCUT2D eigenvalue weighted by Gasteiger charge is 2.37. The Hall–Kier alpha value is -3.87. The van der Waals surface area contributed by atoms with Crippen LogP contribution in [0.15, 0.2) is 42.9 Å². The summed E-state index contributed by atoms with van der Waals surface area (Å²) < 4.78 is 41.5. The molecule has 0 aromatic carbocycles. The van der Waals surface area contributed by atoms with Crippen molar-refractivity contribution in [1.29, 1.82) is 5.26 Å². The molecule has 1 N–H and O–H groups in total. The molecule has 156 valence electrons. The summed E-state index contributed by atoms with van der Waals surface area (Å²) >= 11 is 0. The molecular weight excluding hydrogens is 407 g/mol. The van der Waals surface area contributed by atoms with E-state index in [1.165, 1.54) is 6.07 Å². The maximum absolute atomic E-state index is 13.2. The zero-order chi connectivity index (χ0) is 21.8. The maximum atomic E-state index is 13.2. The van der Waals surface area contributed by atoms with Crippen LogP contribution in [0.5, 0.6) is 0 Å². The Morgan fingerprint density at radius 2 is 2.10 bits per heavy atom. The zero-order valence-corrected chi connectivity index (χ0v) is 16.4. The molecule has 31 heavy (non-hydrogen) atoms. The molecular formula is C21H16F3N7. The second kappa shape index (κ2) is 6.84. The smallest absolute Gasteiger partial charge is 0.348 e. The first-order valence-corrected chi connectivity index (χ1v) is 9.59. The van der Waals surface area contributed by atoms with E-state index in [0.717, 1.165) is 28.5 Å². The molecule has 0 amide bonds. The monoisotopic (exact) mass is 423 g/mol. The molecule has 0 bridgehead atoms. The van der Waals surface area contributed by atoms with Crippen LogP contribution in [0, 0.1) is 18.3 Å². The topological polar surface area (TPSA) is 85.9 Å². The van der Waals surface area contributed by atoms with E-state index in [2.05, 4.69) is 15.0 Å². The van der Waals surface area contributed by atoms with Crippen molar-refractivity contribution in [3.8, 4) is 6.07 Å². The van der Waals surface area contributed by atoms with E-state index in [1.54, 1.807) is 16.9 Å². The fourth-order valence-electron chi connectivity index (χ4n) is 4.06. The van der Waals surface area contributed by atoms with E-state index < -0.39 is 23.5 Å². The van der Waals surface area contributed by atoms with Gasteiger partial charge in [-0.3, -0.25) is 0 Å². The number of nitrogens with one attached hydrogen (secondary N) is 1. The Kier molecular flexibility index (Phi) is 4.22. The van der Waals surface area contributed by atoms with Crippen LogP contribution in [0.4, 0.5) is 19.0 Å². The molecule has 0 radical (unpaired) electrons. The molecule has 5 rings (SSSR count). The third-order valence-corrected chi connectivity index (χ3v) is 5.52. The van der Waals surface area contributed by atoms with Gasteiger partial charge in [-0.1, -0.05) is 6.07 Å². The number of nitriles is 1. The van der Waals surface area contributed by atoms with Gasteiger partial charge in [-0.25, -0.2) is 14.5 Å². The summed E-state index contributed by atoms with van der Waals surface area (Å²) in [5.74, 6) is 0.275. The highest BCUT2D eigenvalue weighted by atomic mass is 19.4. The highest BCUT2D eigenvalue weighted by molar-refractivity contribution is 5.58. The number of H-pyrrole nitrogens is 1. The quantitative estimate of drug-likeness (QED) is 0.530. The molecule has 5 heterocycles. The average Bonchev–Trinajstić information content (AvgIpc) is 3.39. The number of pyridine rings is 2. The molecule has 1 aliphatic rings. The zero-order valence-electron chi connectivity index (χ0n) is 16.4. The molecule has 0 unspecified atom stereocenters. The normalized spacial score (nSPS) is 16.4. The van der Waals surface area contributed by atoms with Crippen LogP contribution >= 0.6 is 0 Å². The molecule has 4 aromatic heterocycles. The Balaban J connectivity index is 1.66. The number of anilines is 1. The fraction of sp³-hybridized carbons (Fsp3) is 0.238. The first-order valence-electron chi connectivity index (χ1n) is 9.59. The lowest BCUT2D eigenvalue weighted by Gasteiger charge is -2.35. The van der Waals surface area contributed by atoms with Crippen molar-refractivity contribution in [2.45, 2.75) is 25.6 Å².